The van der Waals surface area contributed by atoms with Crippen molar-refractivity contribution in [1.82, 2.24) is 10.2 Å². The molecule has 0 aromatic heterocycles. The number of benzene rings is 1. The Hall–Kier alpha value is -0.710. The van der Waals surface area contributed by atoms with E-state index in [-0.39, 0.29) is 11.3 Å². The average molecular weight is 393 g/mol. The Morgan fingerprint density at radius 1 is 1.19 bits per heavy atom. The van der Waals surface area contributed by atoms with Crippen molar-refractivity contribution in [1.29, 1.82) is 0 Å². The number of rotatable bonds is 5. The maximum absolute atomic E-state index is 12.9. The van der Waals surface area contributed by atoms with E-state index in [0.717, 1.165) is 42.6 Å². The summed E-state index contributed by atoms with van der Waals surface area (Å²) >= 11 is 8.09. The van der Waals surface area contributed by atoms with E-state index in [0.29, 0.717) is 5.92 Å². The predicted octanol–water partition coefficient (Wildman–Crippen LogP) is 4.10. The van der Waals surface area contributed by atoms with Gasteiger partial charge in [-0.25, -0.2) is 0 Å². The first-order valence-corrected chi connectivity index (χ1v) is 11.6. The quantitative estimate of drug-likeness (QED) is 0.818. The molecule has 1 saturated carbocycles. The summed E-state index contributed by atoms with van der Waals surface area (Å²) in [5.41, 5.74) is 0.823. The lowest BCUT2D eigenvalue weighted by Gasteiger charge is -2.40. The Morgan fingerprint density at radius 3 is 2.62 bits per heavy atom. The van der Waals surface area contributed by atoms with Crippen LogP contribution in [0.15, 0.2) is 24.3 Å². The molecule has 1 aromatic rings. The summed E-state index contributed by atoms with van der Waals surface area (Å²) in [6, 6.07) is 8.59. The third-order valence-corrected chi connectivity index (χ3v) is 7.69. The standard InChI is InChI=1S/C21H29ClN2OS/c22-18-5-3-17(4-6-18)21(9-10-21)20(25)23-14-16-2-1-11-24(15-16)19-7-12-26-13-8-19/h3-6,16,19H,1-2,7-15H2,(H,23,25)/t16-/m1/s1. The number of carbonyl (C=O) groups excluding carboxylic acids is 1. The van der Waals surface area contributed by atoms with E-state index in [9.17, 15) is 4.79 Å². The number of likely N-dealkylation sites (tertiary alicyclic amines) is 1. The number of nitrogens with zero attached hydrogens (tertiary/aromatic N) is 1. The van der Waals surface area contributed by atoms with Gasteiger partial charge in [0, 0.05) is 24.2 Å². The molecule has 0 spiro atoms. The van der Waals surface area contributed by atoms with Crippen LogP contribution in [0.5, 0.6) is 0 Å². The normalized spacial score (nSPS) is 26.4. The van der Waals surface area contributed by atoms with Gasteiger partial charge in [-0.3, -0.25) is 9.69 Å². The van der Waals surface area contributed by atoms with Crippen LogP contribution in [-0.2, 0) is 10.2 Å². The molecule has 5 heteroatoms. The zero-order valence-electron chi connectivity index (χ0n) is 15.4. The van der Waals surface area contributed by atoms with Crippen molar-refractivity contribution in [3.8, 4) is 0 Å². The first-order valence-electron chi connectivity index (χ1n) is 10.0. The lowest BCUT2D eigenvalue weighted by molar-refractivity contribution is -0.123. The second kappa shape index (κ2) is 8.12. The highest BCUT2D eigenvalue weighted by Crippen LogP contribution is 2.48. The van der Waals surface area contributed by atoms with Gasteiger partial charge < -0.3 is 5.32 Å². The molecule has 3 aliphatic rings. The number of hydrogen-bond acceptors (Lipinski definition) is 3. The topological polar surface area (TPSA) is 32.3 Å². The van der Waals surface area contributed by atoms with Gasteiger partial charge in [-0.15, -0.1) is 0 Å². The van der Waals surface area contributed by atoms with Crippen molar-refractivity contribution in [2.45, 2.75) is 50.0 Å². The third kappa shape index (κ3) is 4.07. The van der Waals surface area contributed by atoms with Crippen LogP contribution in [0.1, 0.15) is 44.1 Å². The van der Waals surface area contributed by atoms with E-state index >= 15 is 0 Å². The Kier molecular flexibility index (Phi) is 5.82. The van der Waals surface area contributed by atoms with Gasteiger partial charge in [0.2, 0.25) is 5.91 Å². The second-order valence-electron chi connectivity index (χ2n) is 8.15. The van der Waals surface area contributed by atoms with Gasteiger partial charge in [0.05, 0.1) is 5.41 Å². The first kappa shape index (κ1) is 18.6. The molecule has 2 saturated heterocycles. The van der Waals surface area contributed by atoms with Gasteiger partial charge in [0.1, 0.15) is 0 Å². The highest BCUT2D eigenvalue weighted by atomic mass is 35.5. The number of thioether (sulfide) groups is 1. The fourth-order valence-electron chi connectivity index (χ4n) is 4.59. The maximum Gasteiger partial charge on any atom is 0.230 e. The van der Waals surface area contributed by atoms with E-state index in [1.54, 1.807) is 0 Å². The Balaban J connectivity index is 1.30. The molecule has 1 aliphatic carbocycles. The molecule has 26 heavy (non-hydrogen) atoms. The summed E-state index contributed by atoms with van der Waals surface area (Å²) < 4.78 is 0. The van der Waals surface area contributed by atoms with Crippen LogP contribution in [0.2, 0.25) is 5.02 Å². The molecule has 3 fully saturated rings. The third-order valence-electron chi connectivity index (χ3n) is 6.39. The van der Waals surface area contributed by atoms with Crippen LogP contribution in [0.25, 0.3) is 0 Å². The monoisotopic (exact) mass is 392 g/mol. The van der Waals surface area contributed by atoms with Gasteiger partial charge >= 0.3 is 0 Å². The van der Waals surface area contributed by atoms with Crippen LogP contribution >= 0.6 is 23.4 Å². The minimum absolute atomic E-state index is 0.214. The number of halogens is 1. The summed E-state index contributed by atoms with van der Waals surface area (Å²) in [5.74, 6) is 3.44. The molecule has 4 rings (SSSR count). The molecule has 3 nitrogen and oxygen atoms in total. The Labute approximate surface area is 166 Å². The summed E-state index contributed by atoms with van der Waals surface area (Å²) in [6.07, 6.45) is 7.10. The van der Waals surface area contributed by atoms with Crippen molar-refractivity contribution >= 4 is 29.3 Å². The van der Waals surface area contributed by atoms with E-state index < -0.39 is 0 Å². The Bertz CT molecular complexity index is 625. The second-order valence-corrected chi connectivity index (χ2v) is 9.81. The minimum atomic E-state index is -0.292. The van der Waals surface area contributed by atoms with E-state index in [2.05, 4.69) is 22.0 Å². The van der Waals surface area contributed by atoms with Crippen molar-refractivity contribution in [2.75, 3.05) is 31.1 Å². The van der Waals surface area contributed by atoms with E-state index in [1.807, 2.05) is 24.3 Å². The minimum Gasteiger partial charge on any atom is -0.355 e. The molecule has 142 valence electrons. The zero-order valence-corrected chi connectivity index (χ0v) is 17.0. The van der Waals surface area contributed by atoms with E-state index in [4.69, 9.17) is 11.6 Å². The molecule has 2 aliphatic heterocycles. The SMILES string of the molecule is O=C(NC[C@H]1CCCN(C2CCSCC2)C1)C1(c2ccc(Cl)cc2)CC1. The number of nitrogens with one attached hydrogen (secondary N) is 1. The Morgan fingerprint density at radius 2 is 1.92 bits per heavy atom. The summed E-state index contributed by atoms with van der Waals surface area (Å²) in [4.78, 5) is 15.6. The van der Waals surface area contributed by atoms with Gasteiger partial charge in [0.15, 0.2) is 0 Å². The molecule has 2 heterocycles. The number of amides is 1. The van der Waals surface area contributed by atoms with Crippen LogP contribution in [0.3, 0.4) is 0 Å². The van der Waals surface area contributed by atoms with Gasteiger partial charge in [-0.1, -0.05) is 23.7 Å². The lowest BCUT2D eigenvalue weighted by Crippen LogP contribution is -2.47. The smallest absolute Gasteiger partial charge is 0.230 e. The fraction of sp³-hybridized carbons (Fsp3) is 0.667. The van der Waals surface area contributed by atoms with Crippen LogP contribution in [0.4, 0.5) is 0 Å². The fourth-order valence-corrected chi connectivity index (χ4v) is 5.80. The number of piperidine rings is 1. The van der Waals surface area contributed by atoms with Gasteiger partial charge in [-0.05, 0) is 80.2 Å². The van der Waals surface area contributed by atoms with Crippen LogP contribution in [0, 0.1) is 5.92 Å². The molecule has 0 radical (unpaired) electrons. The number of carbonyl (C=O) groups is 1. The van der Waals surface area contributed by atoms with Crippen molar-refractivity contribution in [3.05, 3.63) is 34.9 Å². The van der Waals surface area contributed by atoms with Crippen LogP contribution in [-0.4, -0.2) is 48.0 Å². The maximum atomic E-state index is 12.9. The lowest BCUT2D eigenvalue weighted by atomic mass is 9.93. The summed E-state index contributed by atoms with van der Waals surface area (Å²) in [5, 5.41) is 4.02. The highest BCUT2D eigenvalue weighted by molar-refractivity contribution is 7.99. The first-order chi connectivity index (χ1) is 12.7. The van der Waals surface area contributed by atoms with E-state index in [1.165, 1.54) is 43.7 Å². The average Bonchev–Trinajstić information content (AvgIpc) is 3.50. The largest absolute Gasteiger partial charge is 0.355 e. The predicted molar refractivity (Wildman–Crippen MR) is 110 cm³/mol. The van der Waals surface area contributed by atoms with Gasteiger partial charge in [0.25, 0.3) is 0 Å². The number of hydrogen-bond donors (Lipinski definition) is 1. The highest BCUT2D eigenvalue weighted by Gasteiger charge is 2.51. The van der Waals surface area contributed by atoms with Gasteiger partial charge in [-0.2, -0.15) is 11.8 Å². The molecular weight excluding hydrogens is 364 g/mol. The van der Waals surface area contributed by atoms with Crippen molar-refractivity contribution in [3.63, 3.8) is 0 Å². The molecule has 1 amide bonds. The summed E-state index contributed by atoms with van der Waals surface area (Å²) in [6.45, 7) is 3.23. The zero-order chi connectivity index (χ0) is 18.0. The molecule has 1 atom stereocenters. The molecule has 0 bridgehead atoms. The van der Waals surface area contributed by atoms with Crippen molar-refractivity contribution in [2.24, 2.45) is 5.92 Å². The molecular formula is C21H29ClN2OS. The summed E-state index contributed by atoms with van der Waals surface area (Å²) in [7, 11) is 0. The molecule has 1 N–H and O–H groups in total. The van der Waals surface area contributed by atoms with Crippen molar-refractivity contribution < 1.29 is 4.79 Å². The molecule has 1 aromatic carbocycles. The van der Waals surface area contributed by atoms with Crippen LogP contribution < -0.4 is 5.32 Å². The molecule has 0 unspecified atom stereocenters.